The van der Waals surface area contributed by atoms with E-state index >= 15 is 0 Å². The second-order valence-electron chi connectivity index (χ2n) is 5.31. The van der Waals surface area contributed by atoms with Gasteiger partial charge in [0.2, 0.25) is 0 Å². The third-order valence-corrected chi connectivity index (χ3v) is 3.42. The first-order valence-corrected chi connectivity index (χ1v) is 8.17. The van der Waals surface area contributed by atoms with Crippen molar-refractivity contribution in [2.75, 3.05) is 0 Å². The zero-order valence-electron chi connectivity index (χ0n) is 12.6. The molecule has 18 heavy (non-hydrogen) atoms. The Morgan fingerprint density at radius 3 is 1.61 bits per heavy atom. The fourth-order valence-electron chi connectivity index (χ4n) is 2.18. The predicted molar refractivity (Wildman–Crippen MR) is 85.0 cm³/mol. The molecule has 0 unspecified atom stereocenters. The molecule has 0 aromatic carbocycles. The maximum atomic E-state index is 3.75. The Kier molecular flexibility index (Phi) is 16.0. The minimum atomic E-state index is 1.18. The Morgan fingerprint density at radius 1 is 0.611 bits per heavy atom. The van der Waals surface area contributed by atoms with Crippen LogP contribution in [-0.2, 0) is 0 Å². The number of hydrogen-bond donors (Lipinski definition) is 0. The summed E-state index contributed by atoms with van der Waals surface area (Å²) in [4.78, 5) is 0. The highest BCUT2D eigenvalue weighted by atomic mass is 14.0. The van der Waals surface area contributed by atoms with E-state index in [2.05, 4.69) is 25.7 Å². The van der Waals surface area contributed by atoms with Gasteiger partial charge in [-0.15, -0.1) is 6.58 Å². The molecule has 0 fully saturated rings. The quantitative estimate of drug-likeness (QED) is 0.234. The molecule has 106 valence electrons. The zero-order valence-corrected chi connectivity index (χ0v) is 12.6. The summed E-state index contributed by atoms with van der Waals surface area (Å²) in [5, 5.41) is 0. The Balaban J connectivity index is 3.02. The van der Waals surface area contributed by atoms with E-state index in [1.165, 1.54) is 83.5 Å². The molecular weight excluding hydrogens is 216 g/mol. The highest BCUT2D eigenvalue weighted by molar-refractivity contribution is 4.81. The Morgan fingerprint density at radius 2 is 1.06 bits per heavy atom. The van der Waals surface area contributed by atoms with Gasteiger partial charge < -0.3 is 0 Å². The lowest BCUT2D eigenvalue weighted by molar-refractivity contribution is 0.592. The van der Waals surface area contributed by atoms with Crippen molar-refractivity contribution in [1.82, 2.24) is 0 Å². The van der Waals surface area contributed by atoms with Crippen molar-refractivity contribution < 1.29 is 0 Å². The first kappa shape index (κ1) is 17.5. The molecule has 0 aromatic heterocycles. The summed E-state index contributed by atoms with van der Waals surface area (Å²) in [6, 6.07) is 0. The minimum absolute atomic E-state index is 1.18. The zero-order chi connectivity index (χ0) is 13.3. The molecule has 0 amide bonds. The lowest BCUT2D eigenvalue weighted by atomic mass is 10.1. The summed E-state index contributed by atoms with van der Waals surface area (Å²) in [5.41, 5.74) is 0. The van der Waals surface area contributed by atoms with E-state index in [9.17, 15) is 0 Å². The van der Waals surface area contributed by atoms with Crippen LogP contribution in [0, 0.1) is 0 Å². The molecule has 0 saturated heterocycles. The van der Waals surface area contributed by atoms with Crippen molar-refractivity contribution >= 4 is 0 Å². The largest absolute Gasteiger partial charge is 0.103 e. The van der Waals surface area contributed by atoms with Crippen LogP contribution in [0.15, 0.2) is 24.8 Å². The van der Waals surface area contributed by atoms with Crippen LogP contribution in [0.3, 0.4) is 0 Å². The highest BCUT2D eigenvalue weighted by Gasteiger charge is 1.89. The number of unbranched alkanes of at least 4 members (excludes halogenated alkanes) is 11. The topological polar surface area (TPSA) is 0 Å². The van der Waals surface area contributed by atoms with E-state index in [1.807, 2.05) is 6.08 Å². The molecule has 0 heteroatoms. The van der Waals surface area contributed by atoms with E-state index in [-0.39, 0.29) is 0 Å². The molecule has 0 aliphatic heterocycles. The summed E-state index contributed by atoms with van der Waals surface area (Å²) in [5.74, 6) is 0. The van der Waals surface area contributed by atoms with Crippen LogP contribution in [0.4, 0.5) is 0 Å². The summed E-state index contributed by atoms with van der Waals surface area (Å²) in [6.45, 7) is 6.03. The van der Waals surface area contributed by atoms with Crippen molar-refractivity contribution in [2.45, 2.75) is 90.4 Å². The molecule has 0 atom stereocenters. The van der Waals surface area contributed by atoms with Crippen LogP contribution in [0.1, 0.15) is 90.4 Å². The van der Waals surface area contributed by atoms with Gasteiger partial charge in [0.05, 0.1) is 0 Å². The first-order chi connectivity index (χ1) is 8.91. The maximum absolute atomic E-state index is 3.75. The van der Waals surface area contributed by atoms with Crippen molar-refractivity contribution in [2.24, 2.45) is 0 Å². The van der Waals surface area contributed by atoms with Gasteiger partial charge in [-0.05, 0) is 38.5 Å². The van der Waals surface area contributed by atoms with Crippen molar-refractivity contribution in [3.63, 3.8) is 0 Å². The average Bonchev–Trinajstić information content (AvgIpc) is 2.39. The van der Waals surface area contributed by atoms with Crippen molar-refractivity contribution in [3.8, 4) is 0 Å². The molecule has 0 rings (SSSR count). The molecule has 0 radical (unpaired) electrons. The van der Waals surface area contributed by atoms with Gasteiger partial charge in [0.15, 0.2) is 0 Å². The fourth-order valence-corrected chi connectivity index (χ4v) is 2.18. The standard InChI is InChI=1S/C18H34/c1-3-5-7-9-11-13-15-17-18-16-14-12-10-8-6-4-2/h3,15,17H,1,4-14,16,18H2,2H3/b17-15-. The van der Waals surface area contributed by atoms with Crippen LogP contribution in [-0.4, -0.2) is 0 Å². The van der Waals surface area contributed by atoms with E-state index in [0.717, 1.165) is 0 Å². The van der Waals surface area contributed by atoms with Gasteiger partial charge in [0.1, 0.15) is 0 Å². The minimum Gasteiger partial charge on any atom is -0.103 e. The van der Waals surface area contributed by atoms with Gasteiger partial charge in [-0.25, -0.2) is 0 Å². The fraction of sp³-hybridized carbons (Fsp3) is 0.778. The average molecular weight is 250 g/mol. The molecule has 0 bridgehead atoms. The Labute approximate surface area is 116 Å². The lowest BCUT2D eigenvalue weighted by Crippen LogP contribution is -1.79. The lowest BCUT2D eigenvalue weighted by Gasteiger charge is -1.99. The Hall–Kier alpha value is -0.520. The number of rotatable bonds is 14. The van der Waals surface area contributed by atoms with Gasteiger partial charge in [0, 0.05) is 0 Å². The monoisotopic (exact) mass is 250 g/mol. The second kappa shape index (κ2) is 16.5. The van der Waals surface area contributed by atoms with Crippen molar-refractivity contribution in [3.05, 3.63) is 24.8 Å². The van der Waals surface area contributed by atoms with Crippen LogP contribution in [0.25, 0.3) is 0 Å². The van der Waals surface area contributed by atoms with Crippen LogP contribution < -0.4 is 0 Å². The molecule has 0 saturated carbocycles. The maximum Gasteiger partial charge on any atom is -0.0351 e. The van der Waals surface area contributed by atoms with E-state index in [4.69, 9.17) is 0 Å². The first-order valence-electron chi connectivity index (χ1n) is 8.17. The SMILES string of the molecule is C=CCCCCC/C=C\CCCCCCCCC. The molecule has 0 aromatic rings. The summed E-state index contributed by atoms with van der Waals surface area (Å²) in [7, 11) is 0. The third kappa shape index (κ3) is 15.5. The molecule has 0 aliphatic rings. The molecule has 0 heterocycles. The molecule has 0 N–H and O–H groups in total. The van der Waals surface area contributed by atoms with E-state index in [0.29, 0.717) is 0 Å². The Bertz CT molecular complexity index is 178. The van der Waals surface area contributed by atoms with Gasteiger partial charge >= 0.3 is 0 Å². The van der Waals surface area contributed by atoms with Gasteiger partial charge in [-0.1, -0.05) is 70.1 Å². The van der Waals surface area contributed by atoms with Crippen LogP contribution >= 0.6 is 0 Å². The molecule has 0 aliphatic carbocycles. The summed E-state index contributed by atoms with van der Waals surface area (Å²) < 4.78 is 0. The van der Waals surface area contributed by atoms with Gasteiger partial charge in [-0.3, -0.25) is 0 Å². The molecule has 0 nitrogen and oxygen atoms in total. The normalized spacial score (nSPS) is 11.2. The van der Waals surface area contributed by atoms with Gasteiger partial charge in [-0.2, -0.15) is 0 Å². The van der Waals surface area contributed by atoms with Crippen LogP contribution in [0.2, 0.25) is 0 Å². The van der Waals surface area contributed by atoms with Crippen molar-refractivity contribution in [1.29, 1.82) is 0 Å². The number of allylic oxidation sites excluding steroid dienone is 3. The van der Waals surface area contributed by atoms with Crippen LogP contribution in [0.5, 0.6) is 0 Å². The van der Waals surface area contributed by atoms with E-state index in [1.54, 1.807) is 0 Å². The molecular formula is C18H34. The summed E-state index contributed by atoms with van der Waals surface area (Å²) in [6.07, 6.45) is 24.5. The van der Waals surface area contributed by atoms with Gasteiger partial charge in [0.25, 0.3) is 0 Å². The predicted octanol–water partition coefficient (Wildman–Crippen LogP) is 6.82. The second-order valence-corrected chi connectivity index (χ2v) is 5.31. The summed E-state index contributed by atoms with van der Waals surface area (Å²) >= 11 is 0. The molecule has 0 spiro atoms. The highest BCUT2D eigenvalue weighted by Crippen LogP contribution is 2.09. The van der Waals surface area contributed by atoms with E-state index < -0.39 is 0 Å². The smallest absolute Gasteiger partial charge is 0.0351 e. The number of hydrogen-bond acceptors (Lipinski definition) is 0. The third-order valence-electron chi connectivity index (χ3n) is 3.42.